The molecule has 1 aliphatic carbocycles. The number of aryl methyl sites for hydroxylation is 3. The van der Waals surface area contributed by atoms with Crippen LogP contribution in [0.3, 0.4) is 0 Å². The molecule has 5 nitrogen and oxygen atoms in total. The Hall–Kier alpha value is -2.77. The van der Waals surface area contributed by atoms with Gasteiger partial charge in [-0.25, -0.2) is 9.97 Å². The SMILES string of the molecule is O=C(O)CC(/C=C/c1cnc(C(F)(F)F)nc1)CCCCc1ccc2c(n1)CCCC2. The molecule has 2 aromatic heterocycles. The van der Waals surface area contributed by atoms with Crippen LogP contribution in [0.4, 0.5) is 13.2 Å². The Kier molecular flexibility index (Phi) is 7.76. The summed E-state index contributed by atoms with van der Waals surface area (Å²) in [7, 11) is 0. The Morgan fingerprint density at radius 3 is 2.58 bits per heavy atom. The fourth-order valence-corrected chi connectivity index (χ4v) is 3.79. The lowest BCUT2D eigenvalue weighted by atomic mass is 9.94. The van der Waals surface area contributed by atoms with Gasteiger partial charge in [-0.05, 0) is 62.5 Å². The van der Waals surface area contributed by atoms with E-state index < -0.39 is 18.0 Å². The van der Waals surface area contributed by atoms with E-state index in [-0.39, 0.29) is 12.3 Å². The fourth-order valence-electron chi connectivity index (χ4n) is 3.79. The Bertz CT molecular complexity index is 911. The molecule has 0 radical (unpaired) electrons. The number of carboxylic acids is 1. The maximum absolute atomic E-state index is 12.5. The molecule has 3 rings (SSSR count). The Morgan fingerprint density at radius 1 is 1.13 bits per heavy atom. The molecule has 2 heterocycles. The van der Waals surface area contributed by atoms with E-state index in [9.17, 15) is 18.0 Å². The minimum absolute atomic E-state index is 0.0327. The molecule has 0 amide bonds. The highest BCUT2D eigenvalue weighted by Gasteiger charge is 2.34. The van der Waals surface area contributed by atoms with Crippen molar-refractivity contribution in [3.05, 3.63) is 58.9 Å². The Morgan fingerprint density at radius 2 is 1.87 bits per heavy atom. The lowest BCUT2D eigenvalue weighted by Gasteiger charge is -2.15. The summed E-state index contributed by atoms with van der Waals surface area (Å²) < 4.78 is 37.6. The van der Waals surface area contributed by atoms with E-state index in [1.54, 1.807) is 12.2 Å². The normalized spacial score (nSPS) is 15.1. The number of unbranched alkanes of at least 4 members (excludes halogenated alkanes) is 1. The summed E-state index contributed by atoms with van der Waals surface area (Å²) in [5.74, 6) is -2.31. The van der Waals surface area contributed by atoms with Gasteiger partial charge >= 0.3 is 12.1 Å². The molecule has 0 fully saturated rings. The fraction of sp³-hybridized carbons (Fsp3) is 0.478. The molecule has 1 atom stereocenters. The molecule has 2 aromatic rings. The highest BCUT2D eigenvalue weighted by atomic mass is 19.4. The van der Waals surface area contributed by atoms with Crippen LogP contribution in [-0.2, 0) is 30.2 Å². The number of aromatic nitrogens is 3. The van der Waals surface area contributed by atoms with Crippen molar-refractivity contribution in [1.82, 2.24) is 15.0 Å². The van der Waals surface area contributed by atoms with Crippen molar-refractivity contribution >= 4 is 12.0 Å². The van der Waals surface area contributed by atoms with Gasteiger partial charge in [-0.15, -0.1) is 0 Å². The van der Waals surface area contributed by atoms with E-state index in [1.165, 1.54) is 24.1 Å². The van der Waals surface area contributed by atoms with Crippen LogP contribution in [-0.4, -0.2) is 26.0 Å². The number of rotatable bonds is 9. The summed E-state index contributed by atoms with van der Waals surface area (Å²) in [5.41, 5.74) is 4.05. The smallest absolute Gasteiger partial charge is 0.451 e. The molecular weight excluding hydrogens is 407 g/mol. The highest BCUT2D eigenvalue weighted by molar-refractivity contribution is 5.67. The van der Waals surface area contributed by atoms with Crippen molar-refractivity contribution in [2.45, 2.75) is 64.0 Å². The van der Waals surface area contributed by atoms with Gasteiger partial charge in [-0.1, -0.05) is 24.6 Å². The van der Waals surface area contributed by atoms with E-state index in [4.69, 9.17) is 10.1 Å². The number of allylic oxidation sites excluding steroid dienone is 1. The van der Waals surface area contributed by atoms with E-state index in [2.05, 4.69) is 22.1 Å². The largest absolute Gasteiger partial charge is 0.481 e. The molecule has 0 aromatic carbocycles. The average Bonchev–Trinajstić information content (AvgIpc) is 2.74. The second-order valence-corrected chi connectivity index (χ2v) is 7.92. The first-order chi connectivity index (χ1) is 14.8. The standard InChI is InChI=1S/C23H26F3N3O2/c24-23(25,26)22-27-14-17(15-28-22)10-9-16(13-21(30)31)5-1-3-7-19-12-11-18-6-2-4-8-20(18)29-19/h9-12,14-16H,1-8,13H2,(H,30,31)/b10-9+. The molecule has 1 unspecified atom stereocenters. The molecule has 0 bridgehead atoms. The summed E-state index contributed by atoms with van der Waals surface area (Å²) in [6.45, 7) is 0. The van der Waals surface area contributed by atoms with Crippen molar-refractivity contribution in [2.24, 2.45) is 5.92 Å². The summed E-state index contributed by atoms with van der Waals surface area (Å²) >= 11 is 0. The maximum atomic E-state index is 12.5. The summed E-state index contributed by atoms with van der Waals surface area (Å²) in [5, 5.41) is 9.16. The van der Waals surface area contributed by atoms with Crippen LogP contribution in [0.15, 0.2) is 30.6 Å². The van der Waals surface area contributed by atoms with Crippen LogP contribution in [0, 0.1) is 5.92 Å². The third-order valence-corrected chi connectivity index (χ3v) is 5.42. The van der Waals surface area contributed by atoms with Crippen LogP contribution < -0.4 is 0 Å². The number of nitrogens with zero attached hydrogens (tertiary/aromatic N) is 3. The van der Waals surface area contributed by atoms with E-state index in [0.717, 1.165) is 50.2 Å². The molecule has 0 spiro atoms. The Balaban J connectivity index is 1.51. The summed E-state index contributed by atoms with van der Waals surface area (Å²) in [6, 6.07) is 4.27. The van der Waals surface area contributed by atoms with Crippen molar-refractivity contribution in [3.63, 3.8) is 0 Å². The first-order valence-corrected chi connectivity index (χ1v) is 10.6. The predicted octanol–water partition coefficient (Wildman–Crippen LogP) is 5.29. The third-order valence-electron chi connectivity index (χ3n) is 5.42. The zero-order chi connectivity index (χ0) is 22.3. The van der Waals surface area contributed by atoms with Gasteiger partial charge in [0.1, 0.15) is 0 Å². The van der Waals surface area contributed by atoms with Crippen molar-refractivity contribution in [2.75, 3.05) is 0 Å². The molecule has 0 saturated carbocycles. The quantitative estimate of drug-likeness (QED) is 0.544. The highest BCUT2D eigenvalue weighted by Crippen LogP contribution is 2.26. The number of hydrogen-bond acceptors (Lipinski definition) is 4. The number of fused-ring (bicyclic) bond motifs is 1. The number of aliphatic carboxylic acids is 1. The molecular formula is C23H26F3N3O2. The van der Waals surface area contributed by atoms with Crippen molar-refractivity contribution < 1.29 is 23.1 Å². The number of halogens is 3. The zero-order valence-corrected chi connectivity index (χ0v) is 17.2. The molecule has 0 saturated heterocycles. The van der Waals surface area contributed by atoms with Crippen LogP contribution in [0.25, 0.3) is 6.08 Å². The van der Waals surface area contributed by atoms with Crippen LogP contribution in [0.1, 0.15) is 66.9 Å². The second-order valence-electron chi connectivity index (χ2n) is 7.92. The maximum Gasteiger partial charge on any atom is 0.451 e. The van der Waals surface area contributed by atoms with E-state index in [0.29, 0.717) is 12.0 Å². The number of pyridine rings is 1. The number of carboxylic acid groups (broad SMARTS) is 1. The van der Waals surface area contributed by atoms with Gasteiger partial charge in [0.2, 0.25) is 5.82 Å². The van der Waals surface area contributed by atoms with Gasteiger partial charge in [-0.2, -0.15) is 13.2 Å². The van der Waals surface area contributed by atoms with Gasteiger partial charge in [0.15, 0.2) is 0 Å². The summed E-state index contributed by atoms with van der Waals surface area (Å²) in [4.78, 5) is 22.6. The first-order valence-electron chi connectivity index (χ1n) is 10.6. The molecule has 166 valence electrons. The molecule has 0 aliphatic heterocycles. The van der Waals surface area contributed by atoms with Crippen LogP contribution >= 0.6 is 0 Å². The van der Waals surface area contributed by atoms with Crippen LogP contribution in [0.2, 0.25) is 0 Å². The molecule has 1 N–H and O–H groups in total. The van der Waals surface area contributed by atoms with Gasteiger partial charge in [0.25, 0.3) is 0 Å². The zero-order valence-electron chi connectivity index (χ0n) is 17.2. The molecule has 8 heteroatoms. The van der Waals surface area contributed by atoms with E-state index in [1.807, 2.05) is 0 Å². The van der Waals surface area contributed by atoms with Crippen molar-refractivity contribution in [1.29, 1.82) is 0 Å². The van der Waals surface area contributed by atoms with Gasteiger partial charge in [0.05, 0.1) is 6.42 Å². The molecule has 1 aliphatic rings. The predicted molar refractivity (Wildman–Crippen MR) is 110 cm³/mol. The number of alkyl halides is 3. The minimum atomic E-state index is -4.58. The topological polar surface area (TPSA) is 76.0 Å². The van der Waals surface area contributed by atoms with Gasteiger partial charge < -0.3 is 5.11 Å². The van der Waals surface area contributed by atoms with Crippen LogP contribution in [0.5, 0.6) is 0 Å². The molecule has 31 heavy (non-hydrogen) atoms. The van der Waals surface area contributed by atoms with E-state index >= 15 is 0 Å². The monoisotopic (exact) mass is 433 g/mol. The Labute approximate surface area is 179 Å². The summed E-state index contributed by atoms with van der Waals surface area (Å²) in [6.07, 6.45) is 8.70. The minimum Gasteiger partial charge on any atom is -0.481 e. The third kappa shape index (κ3) is 7.15. The second kappa shape index (κ2) is 10.5. The first kappa shape index (κ1) is 22.9. The average molecular weight is 433 g/mol. The number of carbonyl (C=O) groups is 1. The number of hydrogen-bond donors (Lipinski definition) is 1. The lowest BCUT2D eigenvalue weighted by molar-refractivity contribution is -0.145. The lowest BCUT2D eigenvalue weighted by Crippen LogP contribution is -2.10. The van der Waals surface area contributed by atoms with Gasteiger partial charge in [0, 0.05) is 29.3 Å². The van der Waals surface area contributed by atoms with Gasteiger partial charge in [-0.3, -0.25) is 9.78 Å². The van der Waals surface area contributed by atoms with Crippen molar-refractivity contribution in [3.8, 4) is 0 Å².